The molecule has 0 bridgehead atoms. The predicted octanol–water partition coefficient (Wildman–Crippen LogP) is 0.995. The number of carbonyl (C=O) groups is 2. The summed E-state index contributed by atoms with van der Waals surface area (Å²) in [7, 11) is 0. The predicted molar refractivity (Wildman–Crippen MR) is 105 cm³/mol. The van der Waals surface area contributed by atoms with E-state index in [0.29, 0.717) is 19.1 Å². The van der Waals surface area contributed by atoms with E-state index in [1.54, 1.807) is 0 Å². The van der Waals surface area contributed by atoms with Gasteiger partial charge in [0.25, 0.3) is 0 Å². The summed E-state index contributed by atoms with van der Waals surface area (Å²) in [5.74, 6) is 0.582. The maximum atomic E-state index is 11.5. The highest BCUT2D eigenvalue weighted by molar-refractivity contribution is 14.0. The van der Waals surface area contributed by atoms with Crippen molar-refractivity contribution in [2.45, 2.75) is 37.5 Å². The molecule has 132 valence electrons. The van der Waals surface area contributed by atoms with Gasteiger partial charge in [-0.3, -0.25) is 14.7 Å². The van der Waals surface area contributed by atoms with E-state index in [9.17, 15) is 9.59 Å². The second-order valence-electron chi connectivity index (χ2n) is 5.48. The van der Waals surface area contributed by atoms with E-state index in [2.05, 4.69) is 27.2 Å². The van der Waals surface area contributed by atoms with Crippen LogP contribution in [-0.4, -0.2) is 66.5 Å². The van der Waals surface area contributed by atoms with E-state index in [1.165, 1.54) is 11.3 Å². The molecule has 2 fully saturated rings. The van der Waals surface area contributed by atoms with Gasteiger partial charge in [0.05, 0.1) is 19.6 Å². The van der Waals surface area contributed by atoms with Crippen LogP contribution in [0.25, 0.3) is 0 Å². The highest BCUT2D eigenvalue weighted by atomic mass is 127. The molecule has 1 aliphatic carbocycles. The van der Waals surface area contributed by atoms with Crippen molar-refractivity contribution in [2.75, 3.05) is 32.4 Å². The molecule has 2 unspecified atom stereocenters. The number of nitrogens with one attached hydrogen (secondary N) is 3. The molecule has 0 radical (unpaired) electrons. The second kappa shape index (κ2) is 10.2. The zero-order valence-electron chi connectivity index (χ0n) is 13.6. The summed E-state index contributed by atoms with van der Waals surface area (Å²) >= 11 is 1.92. The third-order valence-corrected chi connectivity index (χ3v) is 5.03. The van der Waals surface area contributed by atoms with Gasteiger partial charge in [-0.25, -0.2) is 4.79 Å². The van der Waals surface area contributed by atoms with Crippen LogP contribution in [-0.2, 0) is 4.79 Å². The average molecular weight is 455 g/mol. The largest absolute Gasteiger partial charge is 0.357 e. The summed E-state index contributed by atoms with van der Waals surface area (Å²) in [5, 5.41) is 9.90. The standard InChI is InChI=1S/C14H25N5O2S.HI/c1-3-15-13(18-10-4-5-11(8-10)22-2)16-6-7-19-12(20)9-17-14(19)21;/h10-11H,3-9H2,1-2H3,(H,17,21)(H2,15,16,18);1H. The Morgan fingerprint density at radius 1 is 1.43 bits per heavy atom. The average Bonchev–Trinajstić information content (AvgIpc) is 3.08. The van der Waals surface area contributed by atoms with E-state index < -0.39 is 0 Å². The van der Waals surface area contributed by atoms with Gasteiger partial charge in [-0.1, -0.05) is 0 Å². The molecule has 23 heavy (non-hydrogen) atoms. The van der Waals surface area contributed by atoms with Gasteiger partial charge < -0.3 is 16.0 Å². The molecule has 1 aliphatic heterocycles. The number of amides is 3. The molecule has 0 aromatic rings. The minimum absolute atomic E-state index is 0. The molecule has 1 heterocycles. The number of carbonyl (C=O) groups excluding carboxylic acids is 2. The quantitative estimate of drug-likeness (QED) is 0.241. The molecule has 3 amide bonds. The van der Waals surface area contributed by atoms with Gasteiger partial charge in [0.2, 0.25) is 5.91 Å². The molecular formula is C14H26IN5O2S. The second-order valence-corrected chi connectivity index (χ2v) is 6.61. The van der Waals surface area contributed by atoms with Crippen molar-refractivity contribution in [1.82, 2.24) is 20.9 Å². The van der Waals surface area contributed by atoms with Crippen LogP contribution in [0.2, 0.25) is 0 Å². The topological polar surface area (TPSA) is 85.8 Å². The van der Waals surface area contributed by atoms with Gasteiger partial charge in [0.15, 0.2) is 5.96 Å². The lowest BCUT2D eigenvalue weighted by atomic mass is 10.2. The minimum Gasteiger partial charge on any atom is -0.357 e. The Hall–Kier alpha value is -0.710. The highest BCUT2D eigenvalue weighted by Gasteiger charge is 2.28. The third-order valence-electron chi connectivity index (χ3n) is 3.93. The Balaban J connectivity index is 0.00000264. The molecule has 0 aromatic heterocycles. The van der Waals surface area contributed by atoms with Crippen molar-refractivity contribution in [3.8, 4) is 0 Å². The van der Waals surface area contributed by atoms with Gasteiger partial charge in [0.1, 0.15) is 0 Å². The van der Waals surface area contributed by atoms with Gasteiger partial charge in [-0.2, -0.15) is 11.8 Å². The van der Waals surface area contributed by atoms with Crippen LogP contribution in [0.15, 0.2) is 4.99 Å². The van der Waals surface area contributed by atoms with Crippen LogP contribution >= 0.6 is 35.7 Å². The van der Waals surface area contributed by atoms with Crippen LogP contribution in [0.1, 0.15) is 26.2 Å². The molecule has 3 N–H and O–H groups in total. The molecule has 2 aliphatic rings. The van der Waals surface area contributed by atoms with E-state index in [0.717, 1.165) is 30.6 Å². The minimum atomic E-state index is -0.322. The SMILES string of the molecule is CCNC(=NCCN1C(=O)CNC1=O)NC1CCC(SC)C1.I. The van der Waals surface area contributed by atoms with E-state index >= 15 is 0 Å². The number of rotatable bonds is 6. The Labute approximate surface area is 158 Å². The molecule has 9 heteroatoms. The fourth-order valence-electron chi connectivity index (χ4n) is 2.74. The van der Waals surface area contributed by atoms with Crippen molar-refractivity contribution in [1.29, 1.82) is 0 Å². The molecule has 2 atom stereocenters. The normalized spacial score (nSPS) is 24.4. The molecular weight excluding hydrogens is 429 g/mol. The number of hydrogen-bond donors (Lipinski definition) is 3. The molecule has 1 saturated carbocycles. The van der Waals surface area contributed by atoms with Crippen molar-refractivity contribution in [3.63, 3.8) is 0 Å². The zero-order valence-corrected chi connectivity index (χ0v) is 16.8. The van der Waals surface area contributed by atoms with Crippen LogP contribution in [0.5, 0.6) is 0 Å². The fraction of sp³-hybridized carbons (Fsp3) is 0.786. The summed E-state index contributed by atoms with van der Waals surface area (Å²) in [4.78, 5) is 28.6. The Bertz CT molecular complexity index is 433. The van der Waals surface area contributed by atoms with Crippen molar-refractivity contribution >= 4 is 53.6 Å². The molecule has 0 aromatic carbocycles. The highest BCUT2D eigenvalue weighted by Crippen LogP contribution is 2.27. The number of thioether (sulfide) groups is 1. The first-order chi connectivity index (χ1) is 10.6. The Morgan fingerprint density at radius 2 is 2.22 bits per heavy atom. The molecule has 1 saturated heterocycles. The first-order valence-electron chi connectivity index (χ1n) is 7.79. The van der Waals surface area contributed by atoms with Gasteiger partial charge in [-0.05, 0) is 32.4 Å². The number of aliphatic imine (C=N–C) groups is 1. The summed E-state index contributed by atoms with van der Waals surface area (Å²) in [6.07, 6.45) is 5.70. The Kier molecular flexibility index (Phi) is 9.03. The lowest BCUT2D eigenvalue weighted by molar-refractivity contribution is -0.124. The van der Waals surface area contributed by atoms with Crippen molar-refractivity contribution in [3.05, 3.63) is 0 Å². The molecule has 7 nitrogen and oxygen atoms in total. The fourth-order valence-corrected chi connectivity index (χ4v) is 3.54. The van der Waals surface area contributed by atoms with Crippen LogP contribution in [0.3, 0.4) is 0 Å². The van der Waals surface area contributed by atoms with Gasteiger partial charge >= 0.3 is 6.03 Å². The maximum Gasteiger partial charge on any atom is 0.324 e. The first-order valence-corrected chi connectivity index (χ1v) is 9.08. The van der Waals surface area contributed by atoms with Gasteiger partial charge in [0, 0.05) is 17.8 Å². The number of nitrogens with zero attached hydrogens (tertiary/aromatic N) is 2. The lowest BCUT2D eigenvalue weighted by Gasteiger charge is -2.17. The number of hydrogen-bond acceptors (Lipinski definition) is 4. The summed E-state index contributed by atoms with van der Waals surface area (Å²) < 4.78 is 0. The molecule has 0 spiro atoms. The Morgan fingerprint density at radius 3 is 2.78 bits per heavy atom. The number of urea groups is 1. The monoisotopic (exact) mass is 455 g/mol. The van der Waals surface area contributed by atoms with E-state index in [1.807, 2.05) is 18.7 Å². The van der Waals surface area contributed by atoms with Crippen LogP contribution in [0, 0.1) is 0 Å². The van der Waals surface area contributed by atoms with E-state index in [-0.39, 0.29) is 42.5 Å². The number of halogens is 1. The van der Waals surface area contributed by atoms with Crippen LogP contribution < -0.4 is 16.0 Å². The number of guanidine groups is 1. The maximum absolute atomic E-state index is 11.5. The zero-order chi connectivity index (χ0) is 15.9. The summed E-state index contributed by atoms with van der Waals surface area (Å²) in [5.41, 5.74) is 0. The van der Waals surface area contributed by atoms with Crippen molar-refractivity contribution < 1.29 is 9.59 Å². The molecule has 2 rings (SSSR count). The lowest BCUT2D eigenvalue weighted by Crippen LogP contribution is -2.43. The third kappa shape index (κ3) is 6.02. The smallest absolute Gasteiger partial charge is 0.324 e. The summed E-state index contributed by atoms with van der Waals surface area (Å²) in [6, 6.07) is 0.128. The summed E-state index contributed by atoms with van der Waals surface area (Å²) in [6.45, 7) is 3.63. The number of imide groups is 1. The van der Waals surface area contributed by atoms with Crippen LogP contribution in [0.4, 0.5) is 4.79 Å². The van der Waals surface area contributed by atoms with Gasteiger partial charge in [-0.15, -0.1) is 24.0 Å². The van der Waals surface area contributed by atoms with E-state index in [4.69, 9.17) is 0 Å². The van der Waals surface area contributed by atoms with Crippen molar-refractivity contribution in [2.24, 2.45) is 4.99 Å². The first kappa shape index (κ1) is 20.3.